The molecule has 0 unspecified atom stereocenters. The lowest BCUT2D eigenvalue weighted by molar-refractivity contribution is 0.0739. The van der Waals surface area contributed by atoms with E-state index in [9.17, 15) is 4.79 Å². The van der Waals surface area contributed by atoms with Gasteiger partial charge in [-0.05, 0) is 37.1 Å². The van der Waals surface area contributed by atoms with Crippen LogP contribution < -0.4 is 9.64 Å². The van der Waals surface area contributed by atoms with Gasteiger partial charge in [-0.3, -0.25) is 4.79 Å². The van der Waals surface area contributed by atoms with E-state index >= 15 is 0 Å². The van der Waals surface area contributed by atoms with Crippen LogP contribution in [0.15, 0.2) is 36.4 Å². The first-order valence-corrected chi connectivity index (χ1v) is 8.77. The summed E-state index contributed by atoms with van der Waals surface area (Å²) in [5, 5.41) is 8.36. The summed E-state index contributed by atoms with van der Waals surface area (Å²) in [7, 11) is 1.68. The van der Waals surface area contributed by atoms with Gasteiger partial charge in [0, 0.05) is 32.1 Å². The zero-order valence-electron chi connectivity index (χ0n) is 14.4. The number of carbonyl (C=O) groups excluding carboxylic acids is 1. The molecule has 2 aliphatic rings. The molecule has 6 heteroatoms. The fourth-order valence-electron chi connectivity index (χ4n) is 3.26. The van der Waals surface area contributed by atoms with Gasteiger partial charge >= 0.3 is 0 Å². The normalized spacial score (nSPS) is 17.5. The molecule has 6 nitrogen and oxygen atoms in total. The standard InChI is InChI=1S/C19H22N4O2/c1-25-18-5-3-2-4-17(18)22-10-12-23(13-11-22)19(24)16-9-8-15(20-21-16)14-6-7-14/h2-5,8-9,14H,6-7,10-13H2,1H3. The number of piperazine rings is 1. The van der Waals surface area contributed by atoms with E-state index in [1.165, 1.54) is 12.8 Å². The number of amides is 1. The molecule has 0 atom stereocenters. The Morgan fingerprint density at radius 2 is 1.80 bits per heavy atom. The lowest BCUT2D eigenvalue weighted by atomic mass is 10.2. The Balaban J connectivity index is 1.40. The van der Waals surface area contributed by atoms with E-state index in [4.69, 9.17) is 4.74 Å². The summed E-state index contributed by atoms with van der Waals surface area (Å²) in [6.45, 7) is 2.89. The van der Waals surface area contributed by atoms with Crippen molar-refractivity contribution in [3.05, 3.63) is 47.8 Å². The second-order valence-electron chi connectivity index (χ2n) is 6.57. The van der Waals surface area contributed by atoms with Crippen molar-refractivity contribution in [3.63, 3.8) is 0 Å². The molecule has 1 aromatic carbocycles. The number of para-hydroxylation sites is 2. The number of benzene rings is 1. The molecule has 0 spiro atoms. The second-order valence-corrected chi connectivity index (χ2v) is 6.57. The first kappa shape index (κ1) is 15.9. The molecule has 1 aliphatic carbocycles. The van der Waals surface area contributed by atoms with Crippen LogP contribution in [0.4, 0.5) is 5.69 Å². The Kier molecular flexibility index (Phi) is 4.26. The van der Waals surface area contributed by atoms with Gasteiger partial charge in [0.1, 0.15) is 5.75 Å². The molecular formula is C19H22N4O2. The molecular weight excluding hydrogens is 316 g/mol. The molecule has 1 amide bonds. The summed E-state index contributed by atoms with van der Waals surface area (Å²) in [5.74, 6) is 1.39. The Bertz CT molecular complexity index is 750. The van der Waals surface area contributed by atoms with Crippen molar-refractivity contribution < 1.29 is 9.53 Å². The molecule has 4 rings (SSSR count). The van der Waals surface area contributed by atoms with Crippen LogP contribution in [-0.4, -0.2) is 54.3 Å². The van der Waals surface area contributed by atoms with Gasteiger partial charge in [-0.2, -0.15) is 5.10 Å². The Labute approximate surface area is 147 Å². The Hall–Kier alpha value is -2.63. The SMILES string of the molecule is COc1ccccc1N1CCN(C(=O)c2ccc(C3CC3)nn2)CC1. The maximum Gasteiger partial charge on any atom is 0.274 e. The summed E-state index contributed by atoms with van der Waals surface area (Å²) < 4.78 is 5.44. The predicted molar refractivity (Wildman–Crippen MR) is 95.1 cm³/mol. The molecule has 1 saturated heterocycles. The van der Waals surface area contributed by atoms with E-state index in [-0.39, 0.29) is 5.91 Å². The third-order valence-corrected chi connectivity index (χ3v) is 4.89. The first-order valence-electron chi connectivity index (χ1n) is 8.77. The Morgan fingerprint density at radius 3 is 2.44 bits per heavy atom. The fraction of sp³-hybridized carbons (Fsp3) is 0.421. The monoisotopic (exact) mass is 338 g/mol. The number of ether oxygens (including phenoxy) is 1. The van der Waals surface area contributed by atoms with Gasteiger partial charge in [-0.25, -0.2) is 0 Å². The highest BCUT2D eigenvalue weighted by atomic mass is 16.5. The van der Waals surface area contributed by atoms with Crippen molar-refractivity contribution in [2.45, 2.75) is 18.8 Å². The number of hydrogen-bond donors (Lipinski definition) is 0. The van der Waals surface area contributed by atoms with Crippen LogP contribution in [0, 0.1) is 0 Å². The number of aromatic nitrogens is 2. The van der Waals surface area contributed by atoms with Crippen molar-refractivity contribution in [2.75, 3.05) is 38.2 Å². The summed E-state index contributed by atoms with van der Waals surface area (Å²) >= 11 is 0. The number of nitrogens with zero attached hydrogens (tertiary/aromatic N) is 4. The molecule has 2 heterocycles. The van der Waals surface area contributed by atoms with E-state index in [2.05, 4.69) is 21.2 Å². The summed E-state index contributed by atoms with van der Waals surface area (Å²) in [6, 6.07) is 11.7. The van der Waals surface area contributed by atoms with Crippen LogP contribution in [-0.2, 0) is 0 Å². The minimum Gasteiger partial charge on any atom is -0.495 e. The fourth-order valence-corrected chi connectivity index (χ4v) is 3.26. The highest BCUT2D eigenvalue weighted by Gasteiger charge is 2.27. The summed E-state index contributed by atoms with van der Waals surface area (Å²) in [4.78, 5) is 16.8. The number of anilines is 1. The van der Waals surface area contributed by atoms with Gasteiger partial charge in [-0.15, -0.1) is 5.10 Å². The van der Waals surface area contributed by atoms with Crippen LogP contribution in [0.1, 0.15) is 34.9 Å². The van der Waals surface area contributed by atoms with Crippen molar-refractivity contribution in [2.24, 2.45) is 0 Å². The van der Waals surface area contributed by atoms with Crippen LogP contribution in [0.25, 0.3) is 0 Å². The van der Waals surface area contributed by atoms with E-state index in [1.807, 2.05) is 35.2 Å². The maximum atomic E-state index is 12.6. The maximum absolute atomic E-state index is 12.6. The second kappa shape index (κ2) is 6.70. The van der Waals surface area contributed by atoms with Crippen LogP contribution in [0.3, 0.4) is 0 Å². The summed E-state index contributed by atoms with van der Waals surface area (Å²) in [5.41, 5.74) is 2.53. The van der Waals surface area contributed by atoms with Crippen molar-refractivity contribution >= 4 is 11.6 Å². The van der Waals surface area contributed by atoms with Gasteiger partial charge in [0.15, 0.2) is 5.69 Å². The molecule has 0 N–H and O–H groups in total. The van der Waals surface area contributed by atoms with E-state index < -0.39 is 0 Å². The molecule has 130 valence electrons. The molecule has 1 aliphatic heterocycles. The van der Waals surface area contributed by atoms with Crippen LogP contribution in [0.5, 0.6) is 5.75 Å². The zero-order valence-corrected chi connectivity index (χ0v) is 14.4. The molecule has 2 aromatic rings. The molecule has 1 aromatic heterocycles. The third-order valence-electron chi connectivity index (χ3n) is 4.89. The van der Waals surface area contributed by atoms with Crippen LogP contribution in [0.2, 0.25) is 0 Å². The smallest absolute Gasteiger partial charge is 0.274 e. The topological polar surface area (TPSA) is 58.6 Å². The minimum atomic E-state index is -0.0328. The van der Waals surface area contributed by atoms with Crippen molar-refractivity contribution in [1.29, 1.82) is 0 Å². The van der Waals surface area contributed by atoms with E-state index in [1.54, 1.807) is 7.11 Å². The summed E-state index contributed by atoms with van der Waals surface area (Å²) in [6.07, 6.45) is 2.37. The number of methoxy groups -OCH3 is 1. The van der Waals surface area contributed by atoms with Gasteiger partial charge in [0.25, 0.3) is 5.91 Å². The average Bonchev–Trinajstić information content (AvgIpc) is 3.53. The number of hydrogen-bond acceptors (Lipinski definition) is 5. The molecule has 0 radical (unpaired) electrons. The number of rotatable bonds is 4. The third kappa shape index (κ3) is 3.29. The molecule has 1 saturated carbocycles. The molecule has 25 heavy (non-hydrogen) atoms. The van der Waals surface area contributed by atoms with E-state index in [0.717, 1.165) is 30.2 Å². The largest absolute Gasteiger partial charge is 0.495 e. The quantitative estimate of drug-likeness (QED) is 0.856. The Morgan fingerprint density at radius 1 is 1.04 bits per heavy atom. The molecule has 2 fully saturated rings. The predicted octanol–water partition coefficient (Wildman–Crippen LogP) is 2.33. The lowest BCUT2D eigenvalue weighted by Crippen LogP contribution is -2.49. The number of carbonyl (C=O) groups is 1. The first-order chi connectivity index (χ1) is 12.3. The van der Waals surface area contributed by atoms with Crippen molar-refractivity contribution in [3.8, 4) is 5.75 Å². The zero-order chi connectivity index (χ0) is 17.2. The highest BCUT2D eigenvalue weighted by molar-refractivity contribution is 5.92. The van der Waals surface area contributed by atoms with Crippen LogP contribution >= 0.6 is 0 Å². The minimum absolute atomic E-state index is 0.0328. The van der Waals surface area contributed by atoms with Gasteiger partial charge in [0.2, 0.25) is 0 Å². The van der Waals surface area contributed by atoms with Gasteiger partial charge in [-0.1, -0.05) is 12.1 Å². The average molecular weight is 338 g/mol. The molecule has 0 bridgehead atoms. The van der Waals surface area contributed by atoms with Crippen molar-refractivity contribution in [1.82, 2.24) is 15.1 Å². The van der Waals surface area contributed by atoms with Gasteiger partial charge in [0.05, 0.1) is 18.5 Å². The van der Waals surface area contributed by atoms with Gasteiger partial charge < -0.3 is 14.5 Å². The van der Waals surface area contributed by atoms with E-state index in [0.29, 0.717) is 24.7 Å². The highest BCUT2D eigenvalue weighted by Crippen LogP contribution is 2.38. The lowest BCUT2D eigenvalue weighted by Gasteiger charge is -2.36.